The summed E-state index contributed by atoms with van der Waals surface area (Å²) in [5.41, 5.74) is 0. The quantitative estimate of drug-likeness (QED) is 0.0268. The first-order valence-electron chi connectivity index (χ1n) is 22.6. The van der Waals surface area contributed by atoms with Crippen molar-refractivity contribution in [3.05, 3.63) is 85.1 Å². The highest BCUT2D eigenvalue weighted by Crippen LogP contribution is 2.12. The van der Waals surface area contributed by atoms with Gasteiger partial charge in [0.1, 0.15) is 13.2 Å². The average molecular weight is 779 g/mol. The summed E-state index contributed by atoms with van der Waals surface area (Å²) in [4.78, 5) is 37.7. The maximum absolute atomic E-state index is 12.7. The Kier molecular flexibility index (Phi) is 41.6. The van der Waals surface area contributed by atoms with E-state index in [-0.39, 0.29) is 37.5 Å². The molecule has 318 valence electrons. The molecule has 1 atom stereocenters. The Labute approximate surface area is 344 Å². The second kappa shape index (κ2) is 44.3. The molecule has 0 aliphatic carbocycles. The van der Waals surface area contributed by atoms with Crippen molar-refractivity contribution in [1.29, 1.82) is 0 Å². The van der Waals surface area contributed by atoms with E-state index < -0.39 is 6.10 Å². The lowest BCUT2D eigenvalue weighted by molar-refractivity contribution is -0.167. The molecular weight excluding hydrogens is 697 g/mol. The first-order chi connectivity index (χ1) is 27.5. The molecule has 0 heterocycles. The average Bonchev–Trinajstić information content (AvgIpc) is 3.19. The van der Waals surface area contributed by atoms with Gasteiger partial charge in [0, 0.05) is 19.3 Å². The van der Waals surface area contributed by atoms with E-state index in [0.717, 1.165) is 141 Å². The monoisotopic (exact) mass is 779 g/mol. The highest BCUT2D eigenvalue weighted by atomic mass is 16.6. The van der Waals surface area contributed by atoms with E-state index in [1.54, 1.807) is 0 Å². The molecule has 0 saturated heterocycles. The Morgan fingerprint density at radius 3 is 1.12 bits per heavy atom. The summed E-state index contributed by atoms with van der Waals surface area (Å²) in [6.45, 7) is 6.27. The normalized spacial score (nSPS) is 12.8. The summed E-state index contributed by atoms with van der Waals surface area (Å²) in [6, 6.07) is 0. The molecule has 0 aromatic carbocycles. The molecule has 0 radical (unpaired) electrons. The molecule has 0 rings (SSSR count). The first-order valence-corrected chi connectivity index (χ1v) is 22.6. The molecule has 0 aliphatic heterocycles. The lowest BCUT2D eigenvalue weighted by Crippen LogP contribution is -2.30. The Bertz CT molecular complexity index is 1120. The van der Waals surface area contributed by atoms with Crippen molar-refractivity contribution in [3.63, 3.8) is 0 Å². The van der Waals surface area contributed by atoms with E-state index in [1.807, 2.05) is 0 Å². The molecule has 0 aromatic heterocycles. The van der Waals surface area contributed by atoms with Crippen LogP contribution < -0.4 is 0 Å². The number of carbonyl (C=O) groups excluding carboxylic acids is 3. The van der Waals surface area contributed by atoms with Gasteiger partial charge in [-0.1, -0.05) is 157 Å². The number of allylic oxidation sites excluding steroid dienone is 14. The van der Waals surface area contributed by atoms with Gasteiger partial charge >= 0.3 is 17.9 Å². The van der Waals surface area contributed by atoms with E-state index in [2.05, 4.69) is 106 Å². The Morgan fingerprint density at radius 1 is 0.375 bits per heavy atom. The topological polar surface area (TPSA) is 78.9 Å². The molecule has 0 aliphatic rings. The molecule has 0 saturated carbocycles. The van der Waals surface area contributed by atoms with E-state index >= 15 is 0 Å². The molecule has 0 aromatic rings. The van der Waals surface area contributed by atoms with Crippen molar-refractivity contribution in [2.45, 2.75) is 200 Å². The molecule has 0 amide bonds. The van der Waals surface area contributed by atoms with Crippen molar-refractivity contribution in [2.75, 3.05) is 13.2 Å². The van der Waals surface area contributed by atoms with E-state index in [1.165, 1.54) is 12.8 Å². The zero-order valence-corrected chi connectivity index (χ0v) is 36.1. The van der Waals surface area contributed by atoms with Crippen molar-refractivity contribution < 1.29 is 28.6 Å². The van der Waals surface area contributed by atoms with Crippen LogP contribution in [0.25, 0.3) is 0 Å². The van der Waals surface area contributed by atoms with Crippen LogP contribution >= 0.6 is 0 Å². The standard InChI is InChI=1S/C50H82O6/c1-4-7-10-13-16-19-22-24-25-27-28-31-34-37-40-43-49(52)55-46-47(45-54-48(51)42-39-36-33-30-21-18-15-12-9-6-3)56-50(53)44-41-38-35-32-29-26-23-20-17-14-11-8-5-2/h7-8,10-12,15-17,19-20,24-26,29,47H,4-6,9,13-14,18,21-23,27-28,30-46H2,1-3H3/b10-7-,11-8-,15-12-,19-16-,20-17-,25-24-,29-26-. The number of hydrogen-bond acceptors (Lipinski definition) is 6. The van der Waals surface area contributed by atoms with Crippen LogP contribution in [0.3, 0.4) is 0 Å². The summed E-state index contributed by atoms with van der Waals surface area (Å²) in [7, 11) is 0. The molecule has 1 unspecified atom stereocenters. The van der Waals surface area contributed by atoms with E-state index in [9.17, 15) is 14.4 Å². The van der Waals surface area contributed by atoms with E-state index in [0.29, 0.717) is 12.8 Å². The third-order valence-corrected chi connectivity index (χ3v) is 9.10. The highest BCUT2D eigenvalue weighted by molar-refractivity contribution is 5.71. The van der Waals surface area contributed by atoms with Gasteiger partial charge in [-0.15, -0.1) is 0 Å². The summed E-state index contributed by atoms with van der Waals surface area (Å²) in [5, 5.41) is 0. The number of rotatable bonds is 39. The summed E-state index contributed by atoms with van der Waals surface area (Å²) >= 11 is 0. The lowest BCUT2D eigenvalue weighted by Gasteiger charge is -2.18. The third-order valence-electron chi connectivity index (χ3n) is 9.10. The van der Waals surface area contributed by atoms with Gasteiger partial charge in [-0.05, 0) is 103 Å². The summed E-state index contributed by atoms with van der Waals surface area (Å²) < 4.78 is 16.6. The second-order valence-corrected chi connectivity index (χ2v) is 14.5. The highest BCUT2D eigenvalue weighted by Gasteiger charge is 2.19. The van der Waals surface area contributed by atoms with Crippen molar-refractivity contribution in [2.24, 2.45) is 0 Å². The molecule has 6 nitrogen and oxygen atoms in total. The number of carbonyl (C=O) groups is 3. The van der Waals surface area contributed by atoms with E-state index in [4.69, 9.17) is 14.2 Å². The van der Waals surface area contributed by atoms with Gasteiger partial charge < -0.3 is 14.2 Å². The minimum absolute atomic E-state index is 0.100. The van der Waals surface area contributed by atoms with Gasteiger partial charge in [0.05, 0.1) is 0 Å². The van der Waals surface area contributed by atoms with Crippen LogP contribution in [0.4, 0.5) is 0 Å². The van der Waals surface area contributed by atoms with Crippen LogP contribution in [0, 0.1) is 0 Å². The minimum atomic E-state index is -0.800. The van der Waals surface area contributed by atoms with Crippen molar-refractivity contribution in [1.82, 2.24) is 0 Å². The second-order valence-electron chi connectivity index (χ2n) is 14.5. The maximum Gasteiger partial charge on any atom is 0.306 e. The first kappa shape index (κ1) is 52.6. The smallest absolute Gasteiger partial charge is 0.306 e. The SMILES string of the molecule is CC/C=C\C/C=C\C/C=C\CCCCCCCC(=O)OCC(COC(=O)CCCCCCC/C=C\CCC)OC(=O)CCCCC/C=C\C/C=C\C/C=C\CC. The minimum Gasteiger partial charge on any atom is -0.462 e. The fourth-order valence-corrected chi connectivity index (χ4v) is 5.76. The molecule has 56 heavy (non-hydrogen) atoms. The Balaban J connectivity index is 4.47. The zero-order valence-electron chi connectivity index (χ0n) is 36.1. The van der Waals surface area contributed by atoms with Crippen molar-refractivity contribution in [3.8, 4) is 0 Å². The molecule has 0 bridgehead atoms. The molecule has 6 heteroatoms. The number of unbranched alkanes of at least 4 members (excludes halogenated alkanes) is 14. The number of ether oxygens (including phenoxy) is 3. The third kappa shape index (κ3) is 41.7. The van der Waals surface area contributed by atoms with Crippen LogP contribution in [-0.4, -0.2) is 37.2 Å². The largest absolute Gasteiger partial charge is 0.462 e. The lowest BCUT2D eigenvalue weighted by atomic mass is 10.1. The molecule has 0 N–H and O–H groups in total. The van der Waals surface area contributed by atoms with Crippen LogP contribution in [0.1, 0.15) is 194 Å². The van der Waals surface area contributed by atoms with Crippen LogP contribution in [0.15, 0.2) is 85.1 Å². The fraction of sp³-hybridized carbons (Fsp3) is 0.660. The van der Waals surface area contributed by atoms with Crippen molar-refractivity contribution >= 4 is 17.9 Å². The van der Waals surface area contributed by atoms with Crippen LogP contribution in [-0.2, 0) is 28.6 Å². The fourth-order valence-electron chi connectivity index (χ4n) is 5.76. The van der Waals surface area contributed by atoms with Gasteiger partial charge in [-0.3, -0.25) is 14.4 Å². The molecule has 0 spiro atoms. The number of esters is 3. The number of hydrogen-bond donors (Lipinski definition) is 0. The Morgan fingerprint density at radius 2 is 0.696 bits per heavy atom. The molecular formula is C50H82O6. The summed E-state index contributed by atoms with van der Waals surface area (Å²) in [5.74, 6) is -0.966. The van der Waals surface area contributed by atoms with Gasteiger partial charge in [0.25, 0.3) is 0 Å². The van der Waals surface area contributed by atoms with Gasteiger partial charge in [-0.2, -0.15) is 0 Å². The van der Waals surface area contributed by atoms with Crippen LogP contribution in [0.5, 0.6) is 0 Å². The predicted molar refractivity (Wildman–Crippen MR) is 237 cm³/mol. The summed E-state index contributed by atoms with van der Waals surface area (Å²) in [6.07, 6.45) is 55.7. The van der Waals surface area contributed by atoms with Gasteiger partial charge in [0.2, 0.25) is 0 Å². The Hall–Kier alpha value is -3.41. The molecule has 0 fully saturated rings. The predicted octanol–water partition coefficient (Wildman–Crippen LogP) is 14.5. The van der Waals surface area contributed by atoms with Gasteiger partial charge in [0.15, 0.2) is 6.10 Å². The zero-order chi connectivity index (χ0) is 40.8. The van der Waals surface area contributed by atoms with Gasteiger partial charge in [-0.25, -0.2) is 0 Å². The maximum atomic E-state index is 12.7. The van der Waals surface area contributed by atoms with Crippen LogP contribution in [0.2, 0.25) is 0 Å².